The molecule has 3 rings (SSSR count). The summed E-state index contributed by atoms with van der Waals surface area (Å²) in [6.45, 7) is 6.00. The number of hydrogen-bond donors (Lipinski definition) is 2. The zero-order chi connectivity index (χ0) is 13.6. The number of nitrogens with one attached hydrogen (secondary N) is 1. The lowest BCUT2D eigenvalue weighted by Crippen LogP contribution is -2.59. The molecule has 19 heavy (non-hydrogen) atoms. The molecule has 1 aromatic heterocycles. The number of aromatic nitrogens is 3. The number of aliphatic carboxylic acids is 1. The first kappa shape index (κ1) is 12.6. The maximum atomic E-state index is 11.3. The Kier molecular flexibility index (Phi) is 2.85. The van der Waals surface area contributed by atoms with Gasteiger partial charge in [0.05, 0.1) is 5.69 Å². The van der Waals surface area contributed by atoms with Gasteiger partial charge in [-0.1, -0.05) is 19.1 Å². The van der Waals surface area contributed by atoms with Crippen LogP contribution in [0.25, 0.3) is 0 Å². The van der Waals surface area contributed by atoms with Crippen LogP contribution < -0.4 is 5.32 Å². The molecule has 1 aliphatic heterocycles. The van der Waals surface area contributed by atoms with E-state index in [9.17, 15) is 9.90 Å². The average molecular weight is 264 g/mol. The molecule has 0 unspecified atom stereocenters. The molecular formula is C13H20N4O2. The quantitative estimate of drug-likeness (QED) is 0.849. The van der Waals surface area contributed by atoms with Crippen molar-refractivity contribution in [1.29, 1.82) is 0 Å². The fourth-order valence-electron chi connectivity index (χ4n) is 3.28. The van der Waals surface area contributed by atoms with Gasteiger partial charge in [0.1, 0.15) is 0 Å². The molecule has 1 atom stereocenters. The number of rotatable bonds is 4. The van der Waals surface area contributed by atoms with Gasteiger partial charge >= 0.3 is 5.97 Å². The van der Waals surface area contributed by atoms with Crippen molar-refractivity contribution >= 4 is 5.97 Å². The third kappa shape index (κ3) is 2.04. The Morgan fingerprint density at radius 1 is 1.53 bits per heavy atom. The first-order valence-corrected chi connectivity index (χ1v) is 6.86. The summed E-state index contributed by atoms with van der Waals surface area (Å²) in [5.74, 6) is -0.396. The van der Waals surface area contributed by atoms with Crippen molar-refractivity contribution in [2.45, 2.75) is 38.6 Å². The maximum absolute atomic E-state index is 11.3. The van der Waals surface area contributed by atoms with Crippen LogP contribution in [0.2, 0.25) is 0 Å². The predicted molar refractivity (Wildman–Crippen MR) is 68.8 cm³/mol. The van der Waals surface area contributed by atoms with E-state index in [1.807, 2.05) is 20.0 Å². The van der Waals surface area contributed by atoms with Crippen LogP contribution in [0.4, 0.5) is 0 Å². The summed E-state index contributed by atoms with van der Waals surface area (Å²) in [5, 5.41) is 20.8. The smallest absolute Gasteiger partial charge is 0.328 e. The van der Waals surface area contributed by atoms with Crippen molar-refractivity contribution in [3.8, 4) is 0 Å². The fourth-order valence-corrected chi connectivity index (χ4v) is 3.28. The summed E-state index contributed by atoms with van der Waals surface area (Å²) >= 11 is 0. The van der Waals surface area contributed by atoms with Crippen LogP contribution in [0.1, 0.15) is 44.3 Å². The van der Waals surface area contributed by atoms with Crippen LogP contribution in [0.5, 0.6) is 0 Å². The first-order valence-electron chi connectivity index (χ1n) is 6.86. The van der Waals surface area contributed by atoms with Crippen LogP contribution in [0.15, 0.2) is 6.20 Å². The Hall–Kier alpha value is -1.43. The van der Waals surface area contributed by atoms with E-state index in [0.29, 0.717) is 11.3 Å². The highest BCUT2D eigenvalue weighted by Gasteiger charge is 2.49. The third-order valence-corrected chi connectivity index (χ3v) is 4.47. The molecule has 0 bridgehead atoms. The average Bonchev–Trinajstić information content (AvgIpc) is 2.61. The Labute approximate surface area is 112 Å². The molecule has 2 heterocycles. The summed E-state index contributed by atoms with van der Waals surface area (Å²) in [7, 11) is 0. The molecule has 2 fully saturated rings. The van der Waals surface area contributed by atoms with Crippen LogP contribution in [0, 0.1) is 11.3 Å². The Morgan fingerprint density at radius 3 is 2.68 bits per heavy atom. The van der Waals surface area contributed by atoms with Gasteiger partial charge < -0.3 is 10.4 Å². The molecule has 1 saturated carbocycles. The van der Waals surface area contributed by atoms with Crippen molar-refractivity contribution in [3.05, 3.63) is 11.9 Å². The molecule has 0 aromatic carbocycles. The van der Waals surface area contributed by atoms with Gasteiger partial charge in [0.2, 0.25) is 0 Å². The molecule has 1 saturated heterocycles. The second-order valence-electron chi connectivity index (χ2n) is 6.36. The Balaban J connectivity index is 1.71. The van der Waals surface area contributed by atoms with E-state index < -0.39 is 12.0 Å². The maximum Gasteiger partial charge on any atom is 0.328 e. The van der Waals surface area contributed by atoms with Gasteiger partial charge in [0.25, 0.3) is 0 Å². The molecular weight excluding hydrogens is 244 g/mol. The third-order valence-electron chi connectivity index (χ3n) is 4.47. The molecule has 1 spiro atoms. The normalized spacial score (nSPS) is 23.1. The van der Waals surface area contributed by atoms with Crippen molar-refractivity contribution in [3.63, 3.8) is 0 Å². The van der Waals surface area contributed by atoms with Gasteiger partial charge in [-0.3, -0.25) is 0 Å². The van der Waals surface area contributed by atoms with E-state index in [1.54, 1.807) is 0 Å². The fraction of sp³-hybridized carbons (Fsp3) is 0.769. The van der Waals surface area contributed by atoms with E-state index in [2.05, 4.69) is 15.6 Å². The molecule has 6 nitrogen and oxygen atoms in total. The zero-order valence-corrected chi connectivity index (χ0v) is 11.3. The topological polar surface area (TPSA) is 80.0 Å². The summed E-state index contributed by atoms with van der Waals surface area (Å²) in [4.78, 5) is 11.3. The minimum absolute atomic E-state index is 0.00406. The highest BCUT2D eigenvalue weighted by molar-refractivity contribution is 5.71. The zero-order valence-electron chi connectivity index (χ0n) is 11.3. The van der Waals surface area contributed by atoms with E-state index in [0.717, 1.165) is 31.6 Å². The Bertz CT molecular complexity index is 485. The first-order chi connectivity index (χ1) is 9.01. The lowest BCUT2D eigenvalue weighted by atomic mass is 9.58. The van der Waals surface area contributed by atoms with Gasteiger partial charge in [0, 0.05) is 25.2 Å². The van der Waals surface area contributed by atoms with E-state index in [1.165, 1.54) is 4.68 Å². The minimum atomic E-state index is -0.847. The van der Waals surface area contributed by atoms with Gasteiger partial charge in [0.15, 0.2) is 6.04 Å². The highest BCUT2D eigenvalue weighted by atomic mass is 16.4. The number of nitrogens with zero attached hydrogens (tertiary/aromatic N) is 3. The van der Waals surface area contributed by atoms with Gasteiger partial charge in [-0.15, -0.1) is 5.10 Å². The summed E-state index contributed by atoms with van der Waals surface area (Å²) < 4.78 is 1.51. The standard InChI is InChI=1S/C13H20N4O2/c1-8(2)11(12(18)19)17-5-10(15-16-17)9-3-13(4-9)6-14-7-13/h5,8-9,11,14H,3-4,6-7H2,1-2H3,(H,18,19)/t11-/m0/s1. The SMILES string of the molecule is CC(C)[C@@H](C(=O)O)n1cc(C2CC3(CNC3)C2)nn1. The summed E-state index contributed by atoms with van der Waals surface area (Å²) in [6, 6.07) is -0.624. The molecule has 2 aliphatic rings. The summed E-state index contributed by atoms with van der Waals surface area (Å²) in [5.41, 5.74) is 1.45. The van der Waals surface area contributed by atoms with Crippen LogP contribution in [-0.4, -0.2) is 39.2 Å². The number of carboxylic acid groups (broad SMARTS) is 1. The number of carboxylic acids is 1. The number of carbonyl (C=O) groups is 1. The monoisotopic (exact) mass is 264 g/mol. The van der Waals surface area contributed by atoms with Crippen molar-refractivity contribution < 1.29 is 9.90 Å². The second-order valence-corrected chi connectivity index (χ2v) is 6.36. The largest absolute Gasteiger partial charge is 0.480 e. The second kappa shape index (κ2) is 4.30. The highest BCUT2D eigenvalue weighted by Crippen LogP contribution is 2.52. The molecule has 1 aromatic rings. The predicted octanol–water partition coefficient (Wildman–Crippen LogP) is 1.03. The van der Waals surface area contributed by atoms with Crippen molar-refractivity contribution in [2.24, 2.45) is 11.3 Å². The molecule has 6 heteroatoms. The van der Waals surface area contributed by atoms with Crippen LogP contribution in [0.3, 0.4) is 0 Å². The molecule has 0 amide bonds. The van der Waals surface area contributed by atoms with Gasteiger partial charge in [-0.2, -0.15) is 0 Å². The molecule has 2 N–H and O–H groups in total. The molecule has 0 radical (unpaired) electrons. The van der Waals surface area contributed by atoms with Crippen LogP contribution >= 0.6 is 0 Å². The summed E-state index contributed by atoms with van der Waals surface area (Å²) in [6.07, 6.45) is 4.12. The molecule has 1 aliphatic carbocycles. The number of hydrogen-bond acceptors (Lipinski definition) is 4. The van der Waals surface area contributed by atoms with Crippen molar-refractivity contribution in [2.75, 3.05) is 13.1 Å². The minimum Gasteiger partial charge on any atom is -0.480 e. The van der Waals surface area contributed by atoms with Gasteiger partial charge in [-0.05, 0) is 24.2 Å². The molecule has 104 valence electrons. The Morgan fingerprint density at radius 2 is 2.21 bits per heavy atom. The van der Waals surface area contributed by atoms with Gasteiger partial charge in [-0.25, -0.2) is 9.48 Å². The van der Waals surface area contributed by atoms with Crippen molar-refractivity contribution in [1.82, 2.24) is 20.3 Å². The van der Waals surface area contributed by atoms with E-state index >= 15 is 0 Å². The van der Waals surface area contributed by atoms with E-state index in [-0.39, 0.29) is 5.92 Å². The lowest BCUT2D eigenvalue weighted by Gasteiger charge is -2.53. The lowest BCUT2D eigenvalue weighted by molar-refractivity contribution is -0.142. The van der Waals surface area contributed by atoms with E-state index in [4.69, 9.17) is 0 Å². The van der Waals surface area contributed by atoms with Crippen LogP contribution in [-0.2, 0) is 4.79 Å².